The Kier molecular flexibility index (Phi) is 7.34. The molecular formula is C21H23N3O6. The first kappa shape index (κ1) is 21.3. The summed E-state index contributed by atoms with van der Waals surface area (Å²) in [5.74, 6) is -0.698. The van der Waals surface area contributed by atoms with E-state index < -0.39 is 10.7 Å². The van der Waals surface area contributed by atoms with Crippen LogP contribution >= 0.6 is 0 Å². The maximum atomic E-state index is 12.0. The molecule has 9 nitrogen and oxygen atoms in total. The molecule has 0 radical (unpaired) electrons. The monoisotopic (exact) mass is 413 g/mol. The lowest BCUT2D eigenvalue weighted by Crippen LogP contribution is -2.25. The Bertz CT molecular complexity index is 1060. The van der Waals surface area contributed by atoms with E-state index in [1.165, 1.54) is 22.8 Å². The van der Waals surface area contributed by atoms with Crippen LogP contribution in [0.1, 0.15) is 24.8 Å². The molecule has 0 saturated carbocycles. The second-order valence-electron chi connectivity index (χ2n) is 6.77. The third kappa shape index (κ3) is 5.77. The van der Waals surface area contributed by atoms with Crippen molar-refractivity contribution < 1.29 is 18.9 Å². The molecule has 3 aromatic rings. The molecule has 30 heavy (non-hydrogen) atoms. The Hall–Kier alpha value is -3.46. The number of carbonyl (C=O) groups is 1. The molecule has 0 spiro atoms. The van der Waals surface area contributed by atoms with Crippen LogP contribution in [-0.4, -0.2) is 28.5 Å². The predicted octanol–water partition coefficient (Wildman–Crippen LogP) is 3.01. The topological polar surface area (TPSA) is 117 Å². The molecule has 0 aliphatic rings. The van der Waals surface area contributed by atoms with Crippen LogP contribution in [0.2, 0.25) is 0 Å². The van der Waals surface area contributed by atoms with Gasteiger partial charge in [-0.1, -0.05) is 30.3 Å². The number of hydrogen-bond acceptors (Lipinski definition) is 6. The number of aromatic nitrogens is 1. The van der Waals surface area contributed by atoms with Crippen molar-refractivity contribution in [3.8, 4) is 0 Å². The summed E-state index contributed by atoms with van der Waals surface area (Å²) in [6.45, 7) is 1.91. The molecule has 1 N–H and O–H groups in total. The summed E-state index contributed by atoms with van der Waals surface area (Å²) in [6.07, 6.45) is 1.42. The van der Waals surface area contributed by atoms with E-state index in [4.69, 9.17) is 9.15 Å². The third-order valence-corrected chi connectivity index (χ3v) is 4.55. The smallest absolute Gasteiger partial charge is 0.407 e. The zero-order valence-corrected chi connectivity index (χ0v) is 16.4. The molecule has 0 saturated heterocycles. The van der Waals surface area contributed by atoms with E-state index >= 15 is 0 Å². The number of nitrogens with zero attached hydrogens (tertiary/aromatic N) is 2. The van der Waals surface area contributed by atoms with Gasteiger partial charge in [-0.2, -0.15) is 0 Å². The number of non-ortho nitro benzene ring substituents is 1. The van der Waals surface area contributed by atoms with E-state index in [1.807, 2.05) is 30.3 Å². The normalized spacial score (nSPS) is 10.9. The minimum Gasteiger partial charge on any atom is -0.407 e. The van der Waals surface area contributed by atoms with Crippen molar-refractivity contribution in [2.75, 3.05) is 13.2 Å². The molecule has 9 heteroatoms. The largest absolute Gasteiger partial charge is 0.419 e. The van der Waals surface area contributed by atoms with Gasteiger partial charge in [0.25, 0.3) is 5.69 Å². The molecule has 0 unspecified atom stereocenters. The highest BCUT2D eigenvalue weighted by molar-refractivity contribution is 5.76. The second-order valence-corrected chi connectivity index (χ2v) is 6.77. The molecule has 2 aromatic carbocycles. The van der Waals surface area contributed by atoms with Gasteiger partial charge in [0.1, 0.15) is 0 Å². The van der Waals surface area contributed by atoms with Crippen molar-refractivity contribution in [2.45, 2.75) is 32.4 Å². The minimum atomic E-state index is -0.596. The average molecular weight is 413 g/mol. The summed E-state index contributed by atoms with van der Waals surface area (Å²) >= 11 is 0. The van der Waals surface area contributed by atoms with Crippen LogP contribution in [0.3, 0.4) is 0 Å². The van der Waals surface area contributed by atoms with Gasteiger partial charge in [-0.25, -0.2) is 4.79 Å². The van der Waals surface area contributed by atoms with Gasteiger partial charge in [0.05, 0.1) is 23.1 Å². The van der Waals surface area contributed by atoms with E-state index in [0.717, 1.165) is 5.56 Å². The summed E-state index contributed by atoms with van der Waals surface area (Å²) in [6, 6.07) is 13.9. The molecule has 1 amide bonds. The molecule has 158 valence electrons. The van der Waals surface area contributed by atoms with E-state index in [0.29, 0.717) is 38.1 Å². The minimum absolute atomic E-state index is 0.102. The SMILES string of the molecule is O=C(CCCn1c(=O)oc2cc([N+](=O)[O-])ccc21)NCCCOCc1ccccc1. The van der Waals surface area contributed by atoms with Gasteiger partial charge in [-0.15, -0.1) is 0 Å². The van der Waals surface area contributed by atoms with Crippen molar-refractivity contribution in [3.63, 3.8) is 0 Å². The number of benzene rings is 2. The zero-order valence-electron chi connectivity index (χ0n) is 16.4. The van der Waals surface area contributed by atoms with Crippen LogP contribution in [0.25, 0.3) is 11.1 Å². The number of amides is 1. The number of ether oxygens (including phenoxy) is 1. The summed E-state index contributed by atoms with van der Waals surface area (Å²) in [7, 11) is 0. The molecule has 0 aliphatic carbocycles. The van der Waals surface area contributed by atoms with Crippen LogP contribution in [0.4, 0.5) is 5.69 Å². The van der Waals surface area contributed by atoms with E-state index in [1.54, 1.807) is 0 Å². The molecule has 0 aliphatic heterocycles. The van der Waals surface area contributed by atoms with Gasteiger partial charge in [0.15, 0.2) is 5.58 Å². The number of carbonyl (C=O) groups excluding carboxylic acids is 1. The Labute approximate surface area is 172 Å². The average Bonchev–Trinajstić information content (AvgIpc) is 3.05. The quantitative estimate of drug-likeness (QED) is 0.293. The Balaban J connectivity index is 1.36. The number of nitro benzene ring substituents is 1. The molecule has 0 fully saturated rings. The highest BCUT2D eigenvalue weighted by atomic mass is 16.6. The Morgan fingerprint density at radius 1 is 1.17 bits per heavy atom. The summed E-state index contributed by atoms with van der Waals surface area (Å²) in [4.78, 5) is 34.2. The van der Waals surface area contributed by atoms with E-state index in [9.17, 15) is 19.7 Å². The molecule has 0 bridgehead atoms. The van der Waals surface area contributed by atoms with Crippen molar-refractivity contribution in [1.29, 1.82) is 0 Å². The first-order valence-corrected chi connectivity index (χ1v) is 9.71. The van der Waals surface area contributed by atoms with E-state index in [2.05, 4.69) is 5.32 Å². The van der Waals surface area contributed by atoms with Crippen LogP contribution in [-0.2, 0) is 22.7 Å². The lowest BCUT2D eigenvalue weighted by atomic mass is 10.2. The van der Waals surface area contributed by atoms with Crippen molar-refractivity contribution >= 4 is 22.7 Å². The summed E-state index contributed by atoms with van der Waals surface area (Å²) < 4.78 is 12.0. The number of aryl methyl sites for hydroxylation is 1. The number of rotatable bonds is 11. The van der Waals surface area contributed by atoms with Gasteiger partial charge in [0.2, 0.25) is 5.91 Å². The molecule has 1 aromatic heterocycles. The standard InChI is InChI=1S/C21H23N3O6/c25-20(22-11-5-13-29-15-16-6-2-1-3-7-16)8-4-12-23-18-10-9-17(24(27)28)14-19(18)30-21(23)26/h1-3,6-7,9-10,14H,4-5,8,11-13,15H2,(H,22,25). The number of nitro groups is 1. The maximum Gasteiger partial charge on any atom is 0.419 e. The predicted molar refractivity (Wildman–Crippen MR) is 110 cm³/mol. The maximum absolute atomic E-state index is 12.0. The lowest BCUT2D eigenvalue weighted by molar-refractivity contribution is -0.384. The first-order chi connectivity index (χ1) is 14.5. The summed E-state index contributed by atoms with van der Waals surface area (Å²) in [5.41, 5.74) is 1.60. The van der Waals surface area contributed by atoms with Gasteiger partial charge in [0, 0.05) is 32.2 Å². The number of nitrogens with one attached hydrogen (secondary N) is 1. The fraction of sp³-hybridized carbons (Fsp3) is 0.333. The third-order valence-electron chi connectivity index (χ3n) is 4.55. The van der Waals surface area contributed by atoms with Gasteiger partial charge in [-0.05, 0) is 24.5 Å². The van der Waals surface area contributed by atoms with Gasteiger partial charge in [-0.3, -0.25) is 19.5 Å². The van der Waals surface area contributed by atoms with E-state index in [-0.39, 0.29) is 30.1 Å². The number of hydrogen-bond donors (Lipinski definition) is 1. The summed E-state index contributed by atoms with van der Waals surface area (Å²) in [5, 5.41) is 13.6. The van der Waals surface area contributed by atoms with Gasteiger partial charge >= 0.3 is 5.76 Å². The second kappa shape index (κ2) is 10.4. The van der Waals surface area contributed by atoms with Crippen molar-refractivity contribution in [3.05, 3.63) is 74.8 Å². The van der Waals surface area contributed by atoms with Crippen LogP contribution in [0.5, 0.6) is 0 Å². The van der Waals surface area contributed by atoms with Crippen LogP contribution in [0.15, 0.2) is 57.7 Å². The number of oxazole rings is 1. The Morgan fingerprint density at radius 2 is 1.97 bits per heavy atom. The highest BCUT2D eigenvalue weighted by Gasteiger charge is 2.14. The Morgan fingerprint density at radius 3 is 2.73 bits per heavy atom. The van der Waals surface area contributed by atoms with Crippen LogP contribution in [0, 0.1) is 10.1 Å². The lowest BCUT2D eigenvalue weighted by Gasteiger charge is -2.07. The highest BCUT2D eigenvalue weighted by Crippen LogP contribution is 2.20. The molecule has 3 rings (SSSR count). The first-order valence-electron chi connectivity index (χ1n) is 9.71. The number of fused-ring (bicyclic) bond motifs is 1. The van der Waals surface area contributed by atoms with Gasteiger partial charge < -0.3 is 14.5 Å². The molecule has 1 heterocycles. The zero-order chi connectivity index (χ0) is 21.3. The van der Waals surface area contributed by atoms with Crippen molar-refractivity contribution in [2.24, 2.45) is 0 Å². The molecular weight excluding hydrogens is 390 g/mol. The fourth-order valence-corrected chi connectivity index (χ4v) is 3.03. The molecule has 0 atom stereocenters. The van der Waals surface area contributed by atoms with Crippen molar-refractivity contribution in [1.82, 2.24) is 9.88 Å². The van der Waals surface area contributed by atoms with Crippen LogP contribution < -0.4 is 11.1 Å². The fourth-order valence-electron chi connectivity index (χ4n) is 3.03.